The van der Waals surface area contributed by atoms with Crippen LogP contribution in [0.15, 0.2) is 12.3 Å². The summed E-state index contributed by atoms with van der Waals surface area (Å²) in [6.45, 7) is 6.72. The molecule has 0 bridgehead atoms. The minimum Gasteiger partial charge on any atom is -0.475 e. The Kier molecular flexibility index (Phi) is 5.69. The maximum absolute atomic E-state index is 5.50. The highest BCUT2D eigenvalue weighted by atomic mass is 16.5. The average Bonchev–Trinajstić information content (AvgIpc) is 2.26. The lowest BCUT2D eigenvalue weighted by molar-refractivity contribution is 0.191. The average molecular weight is 239 g/mol. The number of nitrogens with zero attached hydrogens (tertiary/aromatic N) is 2. The van der Waals surface area contributed by atoms with Crippen LogP contribution < -0.4 is 10.1 Å². The lowest BCUT2D eigenvalue weighted by atomic mass is 10.2. The van der Waals surface area contributed by atoms with E-state index in [-0.39, 0.29) is 12.1 Å². The van der Waals surface area contributed by atoms with E-state index in [1.165, 1.54) is 0 Å². The Balaban J connectivity index is 2.53. The number of ether oxygens (including phenoxy) is 2. The topological polar surface area (TPSA) is 56.3 Å². The number of aromatic nitrogens is 2. The van der Waals surface area contributed by atoms with Gasteiger partial charge < -0.3 is 14.8 Å². The van der Waals surface area contributed by atoms with Crippen LogP contribution in [-0.2, 0) is 4.74 Å². The zero-order chi connectivity index (χ0) is 12.7. The summed E-state index contributed by atoms with van der Waals surface area (Å²) in [5.41, 5.74) is 0. The Hall–Kier alpha value is -1.36. The molecular formula is C12H21N3O2. The van der Waals surface area contributed by atoms with Crippen LogP contribution >= 0.6 is 0 Å². The van der Waals surface area contributed by atoms with E-state index in [0.717, 1.165) is 13.0 Å². The van der Waals surface area contributed by atoms with Crippen molar-refractivity contribution in [3.8, 4) is 5.88 Å². The zero-order valence-corrected chi connectivity index (χ0v) is 10.9. The Morgan fingerprint density at radius 2 is 2.12 bits per heavy atom. The molecule has 5 nitrogen and oxygen atoms in total. The van der Waals surface area contributed by atoms with Crippen LogP contribution in [0.5, 0.6) is 5.88 Å². The van der Waals surface area contributed by atoms with Gasteiger partial charge in [0.2, 0.25) is 11.8 Å². The number of rotatable bonds is 7. The van der Waals surface area contributed by atoms with Crippen molar-refractivity contribution in [1.29, 1.82) is 0 Å². The van der Waals surface area contributed by atoms with E-state index < -0.39 is 0 Å². The van der Waals surface area contributed by atoms with Gasteiger partial charge >= 0.3 is 0 Å². The predicted molar refractivity (Wildman–Crippen MR) is 67.4 cm³/mol. The molecule has 1 aromatic rings. The molecule has 0 fully saturated rings. The maximum atomic E-state index is 5.50. The molecule has 1 unspecified atom stereocenters. The van der Waals surface area contributed by atoms with E-state index in [1.807, 2.05) is 13.8 Å². The maximum Gasteiger partial charge on any atom is 0.226 e. The van der Waals surface area contributed by atoms with Gasteiger partial charge in [-0.1, -0.05) is 0 Å². The van der Waals surface area contributed by atoms with Crippen molar-refractivity contribution in [2.45, 2.75) is 39.3 Å². The highest BCUT2D eigenvalue weighted by molar-refractivity contribution is 5.28. The van der Waals surface area contributed by atoms with Crippen LogP contribution in [0.2, 0.25) is 0 Å². The molecule has 0 aliphatic carbocycles. The number of hydrogen-bond donors (Lipinski definition) is 1. The van der Waals surface area contributed by atoms with Gasteiger partial charge in [-0.2, -0.15) is 4.98 Å². The Bertz CT molecular complexity index is 331. The zero-order valence-electron chi connectivity index (χ0n) is 10.9. The molecule has 1 heterocycles. The summed E-state index contributed by atoms with van der Waals surface area (Å²) >= 11 is 0. The van der Waals surface area contributed by atoms with E-state index in [0.29, 0.717) is 11.8 Å². The van der Waals surface area contributed by atoms with E-state index >= 15 is 0 Å². The summed E-state index contributed by atoms with van der Waals surface area (Å²) < 4.78 is 10.5. The first-order chi connectivity index (χ1) is 8.11. The first kappa shape index (κ1) is 13.7. The number of methoxy groups -OCH3 is 1. The molecule has 0 radical (unpaired) electrons. The molecule has 17 heavy (non-hydrogen) atoms. The van der Waals surface area contributed by atoms with Crippen LogP contribution in [0.4, 0.5) is 5.95 Å². The van der Waals surface area contributed by atoms with E-state index in [1.54, 1.807) is 19.4 Å². The van der Waals surface area contributed by atoms with E-state index in [9.17, 15) is 0 Å². The van der Waals surface area contributed by atoms with Crippen LogP contribution in [0.3, 0.4) is 0 Å². The van der Waals surface area contributed by atoms with Crippen molar-refractivity contribution in [2.24, 2.45) is 0 Å². The molecule has 0 aliphatic rings. The molecule has 0 saturated heterocycles. The van der Waals surface area contributed by atoms with Crippen molar-refractivity contribution in [3.63, 3.8) is 0 Å². The highest BCUT2D eigenvalue weighted by Gasteiger charge is 2.06. The predicted octanol–water partition coefficient (Wildman–Crippen LogP) is 2.10. The summed E-state index contributed by atoms with van der Waals surface area (Å²) in [6, 6.07) is 2.02. The molecular weight excluding hydrogens is 218 g/mol. The molecule has 1 atom stereocenters. The van der Waals surface area contributed by atoms with Gasteiger partial charge in [0.15, 0.2) is 0 Å². The number of hydrogen-bond acceptors (Lipinski definition) is 5. The van der Waals surface area contributed by atoms with Gasteiger partial charge in [-0.15, -0.1) is 0 Å². The van der Waals surface area contributed by atoms with Crippen molar-refractivity contribution < 1.29 is 9.47 Å². The summed E-state index contributed by atoms with van der Waals surface area (Å²) in [6.07, 6.45) is 2.72. The second kappa shape index (κ2) is 7.06. The van der Waals surface area contributed by atoms with E-state index in [2.05, 4.69) is 22.2 Å². The molecule has 5 heteroatoms. The number of anilines is 1. The molecule has 96 valence electrons. The molecule has 0 saturated carbocycles. The smallest absolute Gasteiger partial charge is 0.226 e. The van der Waals surface area contributed by atoms with Crippen molar-refractivity contribution in [2.75, 3.05) is 19.0 Å². The normalized spacial score (nSPS) is 12.5. The van der Waals surface area contributed by atoms with Gasteiger partial charge in [0.05, 0.1) is 6.10 Å². The molecule has 0 amide bonds. The fraction of sp³-hybridized carbons (Fsp3) is 0.667. The Morgan fingerprint density at radius 3 is 2.76 bits per heavy atom. The van der Waals surface area contributed by atoms with Gasteiger partial charge in [0.1, 0.15) is 0 Å². The molecule has 1 aromatic heterocycles. The third kappa shape index (κ3) is 5.49. The SMILES string of the molecule is COCCC(C)Nc1nccc(OC(C)C)n1. The molecule has 0 aromatic carbocycles. The van der Waals surface area contributed by atoms with Crippen molar-refractivity contribution in [1.82, 2.24) is 9.97 Å². The van der Waals surface area contributed by atoms with Crippen LogP contribution in [-0.4, -0.2) is 35.8 Å². The highest BCUT2D eigenvalue weighted by Crippen LogP contribution is 2.11. The van der Waals surface area contributed by atoms with Gasteiger partial charge in [0, 0.05) is 32.0 Å². The Morgan fingerprint density at radius 1 is 1.35 bits per heavy atom. The first-order valence-corrected chi connectivity index (χ1v) is 5.87. The monoisotopic (exact) mass is 239 g/mol. The van der Waals surface area contributed by atoms with Gasteiger partial charge in [-0.3, -0.25) is 0 Å². The Labute approximate surface area is 103 Å². The standard InChI is InChI=1S/C12H21N3O2/c1-9(2)17-11-5-7-13-12(15-11)14-10(3)6-8-16-4/h5,7,9-10H,6,8H2,1-4H3,(H,13,14,15). The van der Waals surface area contributed by atoms with Crippen LogP contribution in [0, 0.1) is 0 Å². The first-order valence-electron chi connectivity index (χ1n) is 5.87. The van der Waals surface area contributed by atoms with Crippen LogP contribution in [0.1, 0.15) is 27.2 Å². The quantitative estimate of drug-likeness (QED) is 0.789. The lowest BCUT2D eigenvalue weighted by Crippen LogP contribution is -2.19. The largest absolute Gasteiger partial charge is 0.475 e. The minimum atomic E-state index is 0.115. The molecule has 0 aliphatic heterocycles. The summed E-state index contributed by atoms with van der Waals surface area (Å²) in [5, 5.41) is 3.21. The second-order valence-electron chi connectivity index (χ2n) is 4.21. The fourth-order valence-corrected chi connectivity index (χ4v) is 1.31. The summed E-state index contributed by atoms with van der Waals surface area (Å²) in [4.78, 5) is 8.43. The lowest BCUT2D eigenvalue weighted by Gasteiger charge is -2.14. The van der Waals surface area contributed by atoms with Crippen molar-refractivity contribution >= 4 is 5.95 Å². The van der Waals surface area contributed by atoms with E-state index in [4.69, 9.17) is 9.47 Å². The summed E-state index contributed by atoms with van der Waals surface area (Å²) in [7, 11) is 1.69. The van der Waals surface area contributed by atoms with Gasteiger partial charge in [-0.25, -0.2) is 4.98 Å². The summed E-state index contributed by atoms with van der Waals surface area (Å²) in [5.74, 6) is 1.18. The number of nitrogens with one attached hydrogen (secondary N) is 1. The molecule has 1 rings (SSSR count). The molecule has 1 N–H and O–H groups in total. The van der Waals surface area contributed by atoms with Crippen molar-refractivity contribution in [3.05, 3.63) is 12.3 Å². The fourth-order valence-electron chi connectivity index (χ4n) is 1.31. The van der Waals surface area contributed by atoms with Gasteiger partial charge in [-0.05, 0) is 27.2 Å². The molecule has 0 spiro atoms. The third-order valence-corrected chi connectivity index (χ3v) is 2.12. The third-order valence-electron chi connectivity index (χ3n) is 2.12. The van der Waals surface area contributed by atoms with Gasteiger partial charge in [0.25, 0.3) is 0 Å². The minimum absolute atomic E-state index is 0.115. The second-order valence-corrected chi connectivity index (χ2v) is 4.21. The van der Waals surface area contributed by atoms with Crippen LogP contribution in [0.25, 0.3) is 0 Å².